The molecule has 0 unspecified atom stereocenters. The molecule has 0 bridgehead atoms. The third-order valence-electron chi connectivity index (χ3n) is 5.38. The first-order valence-electron chi connectivity index (χ1n) is 10.4. The molecule has 0 spiro atoms. The van der Waals surface area contributed by atoms with E-state index in [1.54, 1.807) is 30.2 Å². The molecule has 168 valence electrons. The molecule has 2 heterocycles. The van der Waals surface area contributed by atoms with Crippen LogP contribution in [0.4, 0.5) is 5.69 Å². The van der Waals surface area contributed by atoms with Crippen LogP contribution in [0.5, 0.6) is 5.75 Å². The Morgan fingerprint density at radius 3 is 2.56 bits per heavy atom. The van der Waals surface area contributed by atoms with Crippen molar-refractivity contribution in [3.8, 4) is 5.75 Å². The van der Waals surface area contributed by atoms with E-state index in [0.29, 0.717) is 29.6 Å². The van der Waals surface area contributed by atoms with Crippen molar-refractivity contribution in [3.63, 3.8) is 0 Å². The molecule has 0 N–H and O–H groups in total. The van der Waals surface area contributed by atoms with Gasteiger partial charge in [-0.3, -0.25) is 9.00 Å². The van der Waals surface area contributed by atoms with Crippen LogP contribution in [0, 0.1) is 0 Å². The Balaban J connectivity index is 1.31. The average Bonchev–Trinajstić information content (AvgIpc) is 3.27. The number of methoxy groups -OCH3 is 1. The lowest BCUT2D eigenvalue weighted by atomic mass is 10.2. The highest BCUT2D eigenvalue weighted by Crippen LogP contribution is 2.23. The van der Waals surface area contributed by atoms with Gasteiger partial charge in [0, 0.05) is 59.5 Å². The zero-order chi connectivity index (χ0) is 22.5. The number of amides is 1. The van der Waals surface area contributed by atoms with Crippen LogP contribution in [0.15, 0.2) is 65.1 Å². The van der Waals surface area contributed by atoms with Gasteiger partial charge in [-0.15, -0.1) is 0 Å². The van der Waals surface area contributed by atoms with Crippen molar-refractivity contribution in [3.05, 3.63) is 82.8 Å². The molecule has 1 atom stereocenters. The first-order valence-corrected chi connectivity index (χ1v) is 12.2. The maximum atomic E-state index is 12.9. The van der Waals surface area contributed by atoms with Gasteiger partial charge in [-0.05, 0) is 42.0 Å². The molecule has 2 aromatic carbocycles. The van der Waals surface area contributed by atoms with E-state index < -0.39 is 10.8 Å². The van der Waals surface area contributed by atoms with Crippen LogP contribution >= 0.6 is 11.6 Å². The van der Waals surface area contributed by atoms with Crippen LogP contribution in [0.1, 0.15) is 21.9 Å². The molecule has 0 radical (unpaired) electrons. The summed E-state index contributed by atoms with van der Waals surface area (Å²) < 4.78 is 23.5. The normalized spacial score (nSPS) is 14.9. The number of furan rings is 1. The first-order chi connectivity index (χ1) is 15.5. The molecule has 6 nitrogen and oxygen atoms in total. The number of carbonyl (C=O) groups excluding carboxylic acids is 1. The highest BCUT2D eigenvalue weighted by molar-refractivity contribution is 7.83. The molecule has 1 aromatic heterocycles. The standard InChI is InChI=1S/C24H25ClN2O4S/c1-30-21-7-3-6-20(15-21)26-10-12-27(13-11-26)24(28)23-9-8-22(31-23)17-32(29)16-18-4-2-5-19(25)14-18/h2-9,14-15H,10-13,16-17H2,1H3/t32-/m1/s1. The number of halogens is 1. The topological polar surface area (TPSA) is 63.0 Å². The van der Waals surface area contributed by atoms with Crippen LogP contribution in [0.2, 0.25) is 5.02 Å². The Labute approximate surface area is 195 Å². The van der Waals surface area contributed by atoms with E-state index in [2.05, 4.69) is 4.90 Å². The summed E-state index contributed by atoms with van der Waals surface area (Å²) in [6.07, 6.45) is 0. The minimum Gasteiger partial charge on any atom is -0.497 e. The largest absolute Gasteiger partial charge is 0.497 e. The molecule has 1 saturated heterocycles. The van der Waals surface area contributed by atoms with E-state index in [0.717, 1.165) is 30.1 Å². The van der Waals surface area contributed by atoms with Gasteiger partial charge < -0.3 is 19.0 Å². The summed E-state index contributed by atoms with van der Waals surface area (Å²) in [6.45, 7) is 2.67. The van der Waals surface area contributed by atoms with Crippen molar-refractivity contribution >= 4 is 34.0 Å². The molecule has 1 amide bonds. The van der Waals surface area contributed by atoms with E-state index >= 15 is 0 Å². The lowest BCUT2D eigenvalue weighted by molar-refractivity contribution is 0.0713. The maximum Gasteiger partial charge on any atom is 0.289 e. The van der Waals surface area contributed by atoms with Gasteiger partial charge in [0.1, 0.15) is 11.5 Å². The van der Waals surface area contributed by atoms with E-state index in [9.17, 15) is 9.00 Å². The third-order valence-corrected chi connectivity index (χ3v) is 6.87. The number of rotatable bonds is 7. The number of anilines is 1. The summed E-state index contributed by atoms with van der Waals surface area (Å²) in [6, 6.07) is 18.7. The number of piperazine rings is 1. The average molecular weight is 473 g/mol. The number of hydrogen-bond acceptors (Lipinski definition) is 5. The van der Waals surface area contributed by atoms with Crippen molar-refractivity contribution in [2.45, 2.75) is 11.5 Å². The Kier molecular flexibility index (Phi) is 7.17. The fourth-order valence-corrected chi connectivity index (χ4v) is 5.06. The first kappa shape index (κ1) is 22.4. The van der Waals surface area contributed by atoms with Crippen molar-refractivity contribution in [1.29, 1.82) is 0 Å². The summed E-state index contributed by atoms with van der Waals surface area (Å²) in [5.74, 6) is 2.15. The van der Waals surface area contributed by atoms with Crippen LogP contribution in [-0.2, 0) is 22.3 Å². The van der Waals surface area contributed by atoms with Crippen LogP contribution in [0.3, 0.4) is 0 Å². The predicted octanol–water partition coefficient (Wildman–Crippen LogP) is 4.35. The van der Waals surface area contributed by atoms with Crippen LogP contribution in [0.25, 0.3) is 0 Å². The summed E-state index contributed by atoms with van der Waals surface area (Å²) in [5, 5.41) is 0.622. The quantitative estimate of drug-likeness (QED) is 0.511. The molecular weight excluding hydrogens is 448 g/mol. The summed E-state index contributed by atoms with van der Waals surface area (Å²) in [5.41, 5.74) is 1.99. The number of nitrogens with zero attached hydrogens (tertiary/aromatic N) is 2. The van der Waals surface area contributed by atoms with Crippen LogP contribution in [-0.4, -0.2) is 48.3 Å². The van der Waals surface area contributed by atoms with Crippen molar-refractivity contribution in [1.82, 2.24) is 4.90 Å². The molecule has 8 heteroatoms. The van der Waals surface area contributed by atoms with Gasteiger partial charge in [0.05, 0.1) is 12.9 Å². The van der Waals surface area contributed by atoms with E-state index in [1.807, 2.05) is 42.5 Å². The second kappa shape index (κ2) is 10.2. The smallest absolute Gasteiger partial charge is 0.289 e. The maximum absolute atomic E-state index is 12.9. The summed E-state index contributed by atoms with van der Waals surface area (Å²) in [4.78, 5) is 16.9. The van der Waals surface area contributed by atoms with Gasteiger partial charge >= 0.3 is 0 Å². The molecule has 3 aromatic rings. The molecule has 4 rings (SSSR count). The van der Waals surface area contributed by atoms with E-state index in [4.69, 9.17) is 20.8 Å². The van der Waals surface area contributed by atoms with Gasteiger partial charge in [0.25, 0.3) is 5.91 Å². The second-order valence-electron chi connectivity index (χ2n) is 7.61. The summed E-state index contributed by atoms with van der Waals surface area (Å²) >= 11 is 5.99. The molecule has 1 fully saturated rings. The Morgan fingerprint density at radius 2 is 1.81 bits per heavy atom. The predicted molar refractivity (Wildman–Crippen MR) is 127 cm³/mol. The van der Waals surface area contributed by atoms with Gasteiger partial charge in [0.2, 0.25) is 0 Å². The van der Waals surface area contributed by atoms with Crippen molar-refractivity contribution in [2.24, 2.45) is 0 Å². The SMILES string of the molecule is COc1cccc(N2CCN(C(=O)c3ccc(C[S@](=O)Cc4cccc(Cl)c4)o3)CC2)c1. The lowest BCUT2D eigenvalue weighted by Crippen LogP contribution is -2.48. The number of hydrogen-bond donors (Lipinski definition) is 0. The second-order valence-corrected chi connectivity index (χ2v) is 9.50. The van der Waals surface area contributed by atoms with Gasteiger partial charge in [-0.2, -0.15) is 0 Å². The van der Waals surface area contributed by atoms with Crippen molar-refractivity contribution < 1.29 is 18.2 Å². The van der Waals surface area contributed by atoms with Gasteiger partial charge in [-0.1, -0.05) is 29.8 Å². The highest BCUT2D eigenvalue weighted by Gasteiger charge is 2.25. The fourth-order valence-electron chi connectivity index (χ4n) is 3.72. The fraction of sp³-hybridized carbons (Fsp3) is 0.292. The summed E-state index contributed by atoms with van der Waals surface area (Å²) in [7, 11) is 0.495. The zero-order valence-corrected chi connectivity index (χ0v) is 19.4. The van der Waals surface area contributed by atoms with Gasteiger partial charge in [-0.25, -0.2) is 0 Å². The van der Waals surface area contributed by atoms with E-state index in [1.165, 1.54) is 0 Å². The zero-order valence-electron chi connectivity index (χ0n) is 17.8. The van der Waals surface area contributed by atoms with Gasteiger partial charge in [0.15, 0.2) is 5.76 Å². The molecule has 32 heavy (non-hydrogen) atoms. The number of carbonyl (C=O) groups is 1. The Morgan fingerprint density at radius 1 is 1.03 bits per heavy atom. The Bertz CT molecular complexity index is 1110. The number of benzene rings is 2. The Hall–Kier alpha value is -2.77. The van der Waals surface area contributed by atoms with Crippen LogP contribution < -0.4 is 9.64 Å². The highest BCUT2D eigenvalue weighted by atomic mass is 35.5. The minimum atomic E-state index is -1.16. The molecule has 1 aliphatic rings. The number of ether oxygens (including phenoxy) is 1. The molecule has 1 aliphatic heterocycles. The minimum absolute atomic E-state index is 0.137. The van der Waals surface area contributed by atoms with Crippen molar-refractivity contribution in [2.75, 3.05) is 38.2 Å². The lowest BCUT2D eigenvalue weighted by Gasteiger charge is -2.35. The molecular formula is C24H25ClN2O4S. The third kappa shape index (κ3) is 5.53. The molecule has 0 aliphatic carbocycles. The van der Waals surface area contributed by atoms with E-state index in [-0.39, 0.29) is 17.4 Å². The molecule has 0 saturated carbocycles. The monoisotopic (exact) mass is 472 g/mol.